The Labute approximate surface area is 125 Å². The van der Waals surface area contributed by atoms with Gasteiger partial charge in [-0.25, -0.2) is 8.78 Å². The molecule has 0 atom stereocenters. The van der Waals surface area contributed by atoms with Gasteiger partial charge in [-0.05, 0) is 31.0 Å². The minimum atomic E-state index is -1.05. The first kappa shape index (κ1) is 14.6. The number of aromatic nitrogens is 2. The van der Waals surface area contributed by atoms with Gasteiger partial charge in [0.05, 0.1) is 17.9 Å². The van der Waals surface area contributed by atoms with Crippen LogP contribution >= 0.6 is 0 Å². The number of nitrogens with one attached hydrogen (secondary N) is 1. The summed E-state index contributed by atoms with van der Waals surface area (Å²) in [5, 5.41) is 6.85. The fourth-order valence-electron chi connectivity index (χ4n) is 2.39. The van der Waals surface area contributed by atoms with E-state index in [0.717, 1.165) is 25.0 Å². The van der Waals surface area contributed by atoms with Gasteiger partial charge in [0, 0.05) is 25.0 Å². The van der Waals surface area contributed by atoms with Crippen LogP contribution in [-0.4, -0.2) is 28.9 Å². The number of amides is 1. The lowest BCUT2D eigenvalue weighted by molar-refractivity contribution is 0.0662. The van der Waals surface area contributed by atoms with Crippen LogP contribution in [0.1, 0.15) is 29.2 Å². The smallest absolute Gasteiger partial charge is 0.255 e. The molecule has 2 heterocycles. The minimum absolute atomic E-state index is 0.0534. The number of ether oxygens (including phenoxy) is 1. The summed E-state index contributed by atoms with van der Waals surface area (Å²) in [6.45, 7) is 1.39. The SMILES string of the molecule is O=C(Nc1cnn(C2CCOCC2)c1)c1ccc(F)c(F)c1. The number of carbonyl (C=O) groups is 1. The molecule has 5 nitrogen and oxygen atoms in total. The Morgan fingerprint density at radius 2 is 2.05 bits per heavy atom. The van der Waals surface area contributed by atoms with Gasteiger partial charge in [-0.3, -0.25) is 9.48 Å². The third-order valence-electron chi connectivity index (χ3n) is 3.61. The van der Waals surface area contributed by atoms with Gasteiger partial charge in [0.25, 0.3) is 5.91 Å². The van der Waals surface area contributed by atoms with Crippen LogP contribution in [-0.2, 0) is 4.74 Å². The lowest BCUT2D eigenvalue weighted by Crippen LogP contribution is -2.19. The van der Waals surface area contributed by atoms with Crippen molar-refractivity contribution in [2.75, 3.05) is 18.5 Å². The second kappa shape index (κ2) is 6.23. The van der Waals surface area contributed by atoms with E-state index in [1.807, 2.05) is 0 Å². The van der Waals surface area contributed by atoms with Gasteiger partial charge in [-0.15, -0.1) is 0 Å². The van der Waals surface area contributed by atoms with Crippen LogP contribution < -0.4 is 5.32 Å². The van der Waals surface area contributed by atoms with E-state index < -0.39 is 17.5 Å². The fraction of sp³-hybridized carbons (Fsp3) is 0.333. The summed E-state index contributed by atoms with van der Waals surface area (Å²) >= 11 is 0. The summed E-state index contributed by atoms with van der Waals surface area (Å²) in [5.74, 6) is -2.54. The maximum Gasteiger partial charge on any atom is 0.255 e. The molecule has 1 aliphatic rings. The molecule has 0 unspecified atom stereocenters. The molecular weight excluding hydrogens is 292 g/mol. The first-order valence-corrected chi connectivity index (χ1v) is 7.02. The number of anilines is 1. The highest BCUT2D eigenvalue weighted by Crippen LogP contribution is 2.21. The quantitative estimate of drug-likeness (QED) is 0.948. The fourth-order valence-corrected chi connectivity index (χ4v) is 2.39. The molecule has 7 heteroatoms. The van der Waals surface area contributed by atoms with Crippen LogP contribution in [0.15, 0.2) is 30.6 Å². The van der Waals surface area contributed by atoms with Gasteiger partial charge in [0.2, 0.25) is 0 Å². The molecule has 0 aliphatic carbocycles. The topological polar surface area (TPSA) is 56.2 Å². The van der Waals surface area contributed by atoms with Gasteiger partial charge in [0.15, 0.2) is 11.6 Å². The second-order valence-electron chi connectivity index (χ2n) is 5.14. The molecule has 1 saturated heterocycles. The van der Waals surface area contributed by atoms with Crippen molar-refractivity contribution in [3.63, 3.8) is 0 Å². The van der Waals surface area contributed by atoms with Crippen LogP contribution in [0.5, 0.6) is 0 Å². The molecule has 1 aromatic carbocycles. The molecule has 0 saturated carbocycles. The molecule has 0 radical (unpaired) electrons. The zero-order valence-electron chi connectivity index (χ0n) is 11.8. The zero-order chi connectivity index (χ0) is 15.5. The van der Waals surface area contributed by atoms with Crippen molar-refractivity contribution in [1.82, 2.24) is 9.78 Å². The van der Waals surface area contributed by atoms with Gasteiger partial charge >= 0.3 is 0 Å². The van der Waals surface area contributed by atoms with E-state index in [4.69, 9.17) is 4.74 Å². The third kappa shape index (κ3) is 3.14. The lowest BCUT2D eigenvalue weighted by atomic mass is 10.1. The first-order valence-electron chi connectivity index (χ1n) is 7.02. The van der Waals surface area contributed by atoms with Crippen molar-refractivity contribution in [3.8, 4) is 0 Å². The highest BCUT2D eigenvalue weighted by molar-refractivity contribution is 6.04. The number of nitrogens with zero attached hydrogens (tertiary/aromatic N) is 2. The Morgan fingerprint density at radius 3 is 2.77 bits per heavy atom. The van der Waals surface area contributed by atoms with Crippen LogP contribution in [0.3, 0.4) is 0 Å². The molecule has 1 amide bonds. The largest absolute Gasteiger partial charge is 0.381 e. The van der Waals surface area contributed by atoms with Gasteiger partial charge in [-0.2, -0.15) is 5.10 Å². The standard InChI is InChI=1S/C15H15F2N3O2/c16-13-2-1-10(7-14(13)17)15(21)19-11-8-18-20(9-11)12-3-5-22-6-4-12/h1-2,7-9,12H,3-6H2,(H,19,21). The van der Waals surface area contributed by atoms with E-state index in [1.54, 1.807) is 10.9 Å². The van der Waals surface area contributed by atoms with E-state index in [1.165, 1.54) is 12.3 Å². The van der Waals surface area contributed by atoms with Gasteiger partial charge in [0.1, 0.15) is 0 Å². The van der Waals surface area contributed by atoms with Crippen molar-refractivity contribution in [2.45, 2.75) is 18.9 Å². The van der Waals surface area contributed by atoms with E-state index in [2.05, 4.69) is 10.4 Å². The Balaban J connectivity index is 1.68. The van der Waals surface area contributed by atoms with E-state index in [9.17, 15) is 13.6 Å². The van der Waals surface area contributed by atoms with Crippen molar-refractivity contribution in [1.29, 1.82) is 0 Å². The molecular formula is C15H15F2N3O2. The summed E-state index contributed by atoms with van der Waals surface area (Å²) < 4.78 is 33.1. The number of hydrogen-bond donors (Lipinski definition) is 1. The average molecular weight is 307 g/mol. The molecule has 1 aromatic heterocycles. The van der Waals surface area contributed by atoms with Crippen molar-refractivity contribution >= 4 is 11.6 Å². The summed E-state index contributed by atoms with van der Waals surface area (Å²) in [7, 11) is 0. The second-order valence-corrected chi connectivity index (χ2v) is 5.14. The van der Waals surface area contributed by atoms with Gasteiger partial charge < -0.3 is 10.1 Å². The minimum Gasteiger partial charge on any atom is -0.381 e. The summed E-state index contributed by atoms with van der Waals surface area (Å²) in [6, 6.07) is 3.28. The lowest BCUT2D eigenvalue weighted by Gasteiger charge is -2.22. The van der Waals surface area contributed by atoms with E-state index in [-0.39, 0.29) is 11.6 Å². The first-order chi connectivity index (χ1) is 10.6. The van der Waals surface area contributed by atoms with Crippen LogP contribution in [0.25, 0.3) is 0 Å². The summed E-state index contributed by atoms with van der Waals surface area (Å²) in [5.41, 5.74) is 0.568. The molecule has 116 valence electrons. The number of rotatable bonds is 3. The summed E-state index contributed by atoms with van der Waals surface area (Å²) in [6.07, 6.45) is 5.01. The van der Waals surface area contributed by atoms with Crippen LogP contribution in [0.2, 0.25) is 0 Å². The highest BCUT2D eigenvalue weighted by atomic mass is 19.2. The zero-order valence-corrected chi connectivity index (χ0v) is 11.8. The average Bonchev–Trinajstić information content (AvgIpc) is 2.99. The molecule has 22 heavy (non-hydrogen) atoms. The third-order valence-corrected chi connectivity index (χ3v) is 3.61. The number of carbonyl (C=O) groups excluding carboxylic acids is 1. The van der Waals surface area contributed by atoms with E-state index >= 15 is 0 Å². The maximum absolute atomic E-state index is 13.1. The molecule has 2 aromatic rings. The Kier molecular flexibility index (Phi) is 4.15. The predicted molar refractivity (Wildman–Crippen MR) is 75.6 cm³/mol. The number of benzene rings is 1. The Hall–Kier alpha value is -2.28. The van der Waals surface area contributed by atoms with Crippen LogP contribution in [0.4, 0.5) is 14.5 Å². The molecule has 1 fully saturated rings. The highest BCUT2D eigenvalue weighted by Gasteiger charge is 2.17. The number of halogens is 2. The van der Waals surface area contributed by atoms with E-state index in [0.29, 0.717) is 18.9 Å². The van der Waals surface area contributed by atoms with Crippen molar-refractivity contribution in [2.24, 2.45) is 0 Å². The number of hydrogen-bond acceptors (Lipinski definition) is 3. The monoisotopic (exact) mass is 307 g/mol. The van der Waals surface area contributed by atoms with Crippen molar-refractivity contribution < 1.29 is 18.3 Å². The molecule has 0 spiro atoms. The Bertz CT molecular complexity index is 681. The van der Waals surface area contributed by atoms with Crippen LogP contribution in [0, 0.1) is 11.6 Å². The molecule has 1 aliphatic heterocycles. The normalized spacial score (nSPS) is 15.7. The summed E-state index contributed by atoms with van der Waals surface area (Å²) in [4.78, 5) is 12.0. The molecule has 0 bridgehead atoms. The molecule has 1 N–H and O–H groups in total. The van der Waals surface area contributed by atoms with Gasteiger partial charge in [-0.1, -0.05) is 0 Å². The predicted octanol–water partition coefficient (Wildman–Crippen LogP) is 2.77. The van der Waals surface area contributed by atoms with Crippen molar-refractivity contribution in [3.05, 3.63) is 47.8 Å². The Morgan fingerprint density at radius 1 is 1.27 bits per heavy atom. The maximum atomic E-state index is 13.1. The molecule has 3 rings (SSSR count).